The zero-order valence-corrected chi connectivity index (χ0v) is 33.0. The van der Waals surface area contributed by atoms with Crippen LogP contribution in [0.25, 0.3) is 21.8 Å². The van der Waals surface area contributed by atoms with Gasteiger partial charge in [-0.2, -0.15) is 0 Å². The van der Waals surface area contributed by atoms with Gasteiger partial charge in [-0.25, -0.2) is 0 Å². The Kier molecular flexibility index (Phi) is 14.7. The number of piperidine rings is 1. The van der Waals surface area contributed by atoms with Crippen molar-refractivity contribution in [3.63, 3.8) is 0 Å². The molecule has 268 valence electrons. The first-order valence-electron chi connectivity index (χ1n) is 19.8. The lowest BCUT2D eigenvalue weighted by Crippen LogP contribution is -2.29. The molecule has 0 radical (unpaired) electrons. The Bertz CT molecular complexity index is 1610. The van der Waals surface area contributed by atoms with Crippen molar-refractivity contribution in [2.24, 2.45) is 5.41 Å². The van der Waals surface area contributed by atoms with E-state index in [4.69, 9.17) is 9.97 Å². The molecular weight excluding hydrogens is 597 g/mol. The van der Waals surface area contributed by atoms with Crippen LogP contribution in [-0.4, -0.2) is 45.9 Å². The van der Waals surface area contributed by atoms with E-state index in [9.17, 15) is 0 Å². The van der Waals surface area contributed by atoms with Gasteiger partial charge in [-0.3, -0.25) is 19.8 Å². The fraction of sp³-hybridized carbons (Fsp3) is 0.600. The Morgan fingerprint density at radius 3 is 1.84 bits per heavy atom. The van der Waals surface area contributed by atoms with E-state index in [0.717, 1.165) is 25.9 Å². The number of nitrogens with zero attached hydrogens (tertiary/aromatic N) is 4. The van der Waals surface area contributed by atoms with Gasteiger partial charge in [0.1, 0.15) is 0 Å². The zero-order chi connectivity index (χ0) is 35.6. The third-order valence-electron chi connectivity index (χ3n) is 10.8. The number of hydrogen-bond acceptors (Lipinski definition) is 4. The summed E-state index contributed by atoms with van der Waals surface area (Å²) in [6, 6.07) is 13.7. The van der Waals surface area contributed by atoms with Crippen molar-refractivity contribution < 1.29 is 0 Å². The van der Waals surface area contributed by atoms with Crippen LogP contribution in [-0.2, 0) is 25.9 Å². The van der Waals surface area contributed by atoms with Crippen molar-refractivity contribution in [2.75, 3.05) is 26.2 Å². The van der Waals surface area contributed by atoms with E-state index in [1.165, 1.54) is 120 Å². The number of aryl methyl sites for hydroxylation is 2. The summed E-state index contributed by atoms with van der Waals surface area (Å²) in [7, 11) is 0. The minimum atomic E-state index is 0.496. The summed E-state index contributed by atoms with van der Waals surface area (Å²) in [5.74, 6) is 1.04. The summed E-state index contributed by atoms with van der Waals surface area (Å²) in [4.78, 5) is 14.8. The molecule has 2 aliphatic rings. The van der Waals surface area contributed by atoms with Crippen molar-refractivity contribution in [1.82, 2.24) is 19.8 Å². The van der Waals surface area contributed by atoms with Crippen LogP contribution in [0.4, 0.5) is 0 Å². The Morgan fingerprint density at radius 1 is 0.612 bits per heavy atom. The Balaban J connectivity index is 0.000000212. The molecule has 0 aliphatic carbocycles. The van der Waals surface area contributed by atoms with Gasteiger partial charge in [0.15, 0.2) is 0 Å². The standard InChI is InChI=1S/C23H34N2.C20H28N2.C2H6/c1-6-18-8-9-20-19(10-13-24-22(20)21(18)17(2)3)16-25-14-7-11-23(4,5)12-15-25;1-4-16-13-17(14-22-11-6-5-7-12-22)18-9-8-10-21-20(18)19(16)15(2)3;1-2/h8-10,13,17H,6-7,11-12,14-16H2,1-5H3;8-10,13,15H,4-7,11-12,14H2,1-3H3;1-2H3. The molecule has 6 rings (SSSR count). The Morgan fingerprint density at radius 2 is 1.18 bits per heavy atom. The van der Waals surface area contributed by atoms with Crippen molar-refractivity contribution in [2.45, 2.75) is 146 Å². The minimum absolute atomic E-state index is 0.496. The number of likely N-dealkylation sites (tertiary alicyclic amines) is 2. The highest BCUT2D eigenvalue weighted by atomic mass is 15.1. The van der Waals surface area contributed by atoms with Gasteiger partial charge in [0.25, 0.3) is 0 Å². The van der Waals surface area contributed by atoms with E-state index in [2.05, 4.69) is 102 Å². The number of aromatic nitrogens is 2. The van der Waals surface area contributed by atoms with E-state index in [1.807, 2.05) is 26.2 Å². The molecule has 4 heterocycles. The molecule has 2 saturated heterocycles. The number of hydrogen-bond donors (Lipinski definition) is 0. The zero-order valence-electron chi connectivity index (χ0n) is 33.0. The predicted molar refractivity (Wildman–Crippen MR) is 214 cm³/mol. The van der Waals surface area contributed by atoms with E-state index >= 15 is 0 Å². The second-order valence-corrected chi connectivity index (χ2v) is 15.7. The third-order valence-corrected chi connectivity index (χ3v) is 10.8. The van der Waals surface area contributed by atoms with Crippen molar-refractivity contribution in [3.8, 4) is 0 Å². The fourth-order valence-electron chi connectivity index (χ4n) is 8.13. The smallest absolute Gasteiger partial charge is 0.0742 e. The molecule has 0 spiro atoms. The van der Waals surface area contributed by atoms with Crippen LogP contribution in [0.5, 0.6) is 0 Å². The first kappa shape index (κ1) is 39.0. The molecule has 4 heteroatoms. The monoisotopic (exact) mass is 665 g/mol. The second kappa shape index (κ2) is 18.4. The molecule has 0 N–H and O–H groups in total. The van der Waals surface area contributed by atoms with E-state index in [-0.39, 0.29) is 0 Å². The lowest BCUT2D eigenvalue weighted by Gasteiger charge is -2.27. The highest BCUT2D eigenvalue weighted by Crippen LogP contribution is 2.34. The van der Waals surface area contributed by atoms with Gasteiger partial charge < -0.3 is 0 Å². The van der Waals surface area contributed by atoms with Crippen molar-refractivity contribution >= 4 is 21.8 Å². The lowest BCUT2D eigenvalue weighted by atomic mass is 9.85. The number of fused-ring (bicyclic) bond motifs is 2. The molecule has 2 aliphatic heterocycles. The van der Waals surface area contributed by atoms with E-state index < -0.39 is 0 Å². The van der Waals surface area contributed by atoms with Crippen LogP contribution in [0, 0.1) is 5.41 Å². The molecule has 0 atom stereocenters. The Labute approximate surface area is 300 Å². The maximum Gasteiger partial charge on any atom is 0.0742 e. The largest absolute Gasteiger partial charge is 0.299 e. The van der Waals surface area contributed by atoms with Crippen LogP contribution >= 0.6 is 0 Å². The van der Waals surface area contributed by atoms with Crippen molar-refractivity contribution in [3.05, 3.63) is 82.2 Å². The van der Waals surface area contributed by atoms with E-state index in [0.29, 0.717) is 17.3 Å². The quantitative estimate of drug-likeness (QED) is 0.188. The first-order chi connectivity index (χ1) is 23.6. The lowest BCUT2D eigenvalue weighted by molar-refractivity contribution is 0.221. The number of pyridine rings is 2. The van der Waals surface area contributed by atoms with Gasteiger partial charge in [-0.1, -0.05) is 99.9 Å². The topological polar surface area (TPSA) is 32.3 Å². The summed E-state index contributed by atoms with van der Waals surface area (Å²) in [5, 5.41) is 2.71. The summed E-state index contributed by atoms with van der Waals surface area (Å²) in [6.07, 6.45) is 14.2. The molecule has 2 aromatic carbocycles. The average Bonchev–Trinajstić information content (AvgIpc) is 3.28. The molecule has 0 bridgehead atoms. The van der Waals surface area contributed by atoms with Crippen LogP contribution in [0.3, 0.4) is 0 Å². The molecular formula is C45H68N4. The maximum absolute atomic E-state index is 4.79. The predicted octanol–water partition coefficient (Wildman–Crippen LogP) is 11.9. The maximum atomic E-state index is 4.79. The van der Waals surface area contributed by atoms with E-state index in [1.54, 1.807) is 0 Å². The number of rotatable bonds is 8. The van der Waals surface area contributed by atoms with Crippen molar-refractivity contribution in [1.29, 1.82) is 0 Å². The fourth-order valence-corrected chi connectivity index (χ4v) is 8.13. The summed E-state index contributed by atoms with van der Waals surface area (Å²) < 4.78 is 0. The van der Waals surface area contributed by atoms with Crippen LogP contribution in [0.15, 0.2) is 48.8 Å². The first-order valence-corrected chi connectivity index (χ1v) is 19.8. The van der Waals surface area contributed by atoms with Crippen LogP contribution in [0.2, 0.25) is 0 Å². The third kappa shape index (κ3) is 9.91. The minimum Gasteiger partial charge on any atom is -0.299 e. The molecule has 0 unspecified atom stereocenters. The molecule has 0 amide bonds. The summed E-state index contributed by atoms with van der Waals surface area (Å²) >= 11 is 0. The van der Waals surface area contributed by atoms with Gasteiger partial charge >= 0.3 is 0 Å². The van der Waals surface area contributed by atoms with Crippen LogP contribution in [0.1, 0.15) is 153 Å². The molecule has 2 fully saturated rings. The molecule has 4 nitrogen and oxygen atoms in total. The van der Waals surface area contributed by atoms with Gasteiger partial charge in [0.2, 0.25) is 0 Å². The summed E-state index contributed by atoms with van der Waals surface area (Å²) in [6.45, 7) is 29.5. The van der Waals surface area contributed by atoms with Gasteiger partial charge in [-0.05, 0) is 134 Å². The molecule has 4 aromatic rings. The molecule has 49 heavy (non-hydrogen) atoms. The molecule has 0 saturated carbocycles. The number of benzene rings is 2. The highest BCUT2D eigenvalue weighted by molar-refractivity contribution is 5.87. The molecule has 2 aromatic heterocycles. The average molecular weight is 665 g/mol. The Hall–Kier alpha value is -2.82. The summed E-state index contributed by atoms with van der Waals surface area (Å²) in [5.41, 5.74) is 11.7. The van der Waals surface area contributed by atoms with Crippen LogP contribution < -0.4 is 0 Å². The normalized spacial score (nSPS) is 17.1. The van der Waals surface area contributed by atoms with Gasteiger partial charge in [-0.15, -0.1) is 0 Å². The highest BCUT2D eigenvalue weighted by Gasteiger charge is 2.24. The second-order valence-electron chi connectivity index (χ2n) is 15.7. The SMILES string of the molecule is CC.CCc1cc(CN2CCCCC2)c2cccnc2c1C(C)C.CCc1ccc2c(CN3CCCC(C)(C)CC3)ccnc2c1C(C)C. The van der Waals surface area contributed by atoms with Gasteiger partial charge in [0, 0.05) is 36.3 Å². The van der Waals surface area contributed by atoms with Gasteiger partial charge in [0.05, 0.1) is 11.0 Å².